The summed E-state index contributed by atoms with van der Waals surface area (Å²) in [6.07, 6.45) is -7.00. The summed E-state index contributed by atoms with van der Waals surface area (Å²) in [5.74, 6) is -3.54. The molecule has 26 heavy (non-hydrogen) atoms. The maximum Gasteiger partial charge on any atom is 0.411 e. The van der Waals surface area contributed by atoms with Gasteiger partial charge in [0, 0.05) is 18.7 Å². The van der Waals surface area contributed by atoms with E-state index in [-0.39, 0.29) is 10.6 Å². The molecule has 0 radical (unpaired) electrons. The molecule has 0 aliphatic heterocycles. The zero-order valence-corrected chi connectivity index (χ0v) is 14.4. The quantitative estimate of drug-likeness (QED) is 0.617. The highest BCUT2D eigenvalue weighted by Crippen LogP contribution is 2.29. The van der Waals surface area contributed by atoms with Gasteiger partial charge in [-0.15, -0.1) is 0 Å². The summed E-state index contributed by atoms with van der Waals surface area (Å²) in [7, 11) is -3.11. The van der Waals surface area contributed by atoms with Crippen LogP contribution < -0.4 is 10.0 Å². The molecule has 0 aromatic heterocycles. The van der Waals surface area contributed by atoms with E-state index in [0.717, 1.165) is 19.2 Å². The van der Waals surface area contributed by atoms with E-state index in [9.17, 15) is 31.2 Å². The minimum atomic E-state index is -4.74. The summed E-state index contributed by atoms with van der Waals surface area (Å²) in [6.45, 7) is -0.985. The first kappa shape index (κ1) is 21.7. The van der Waals surface area contributed by atoms with E-state index in [1.165, 1.54) is 12.1 Å². The fraction of sp³-hybridized carbons (Fsp3) is 0.429. The Kier molecular flexibility index (Phi) is 7.39. The fourth-order valence-electron chi connectivity index (χ4n) is 1.86. The summed E-state index contributed by atoms with van der Waals surface area (Å²) in [6, 6.07) is 4.65. The van der Waals surface area contributed by atoms with E-state index in [4.69, 9.17) is 5.11 Å². The number of rotatable bonds is 8. The third-order valence-corrected chi connectivity index (χ3v) is 4.73. The number of carboxylic acids is 1. The molecule has 146 valence electrons. The monoisotopic (exact) mass is 398 g/mol. The lowest BCUT2D eigenvalue weighted by Gasteiger charge is -2.20. The van der Waals surface area contributed by atoms with Crippen LogP contribution in [0.15, 0.2) is 29.2 Å². The SMILES string of the molecule is COC(=O)Nc1ccc(S(=O)(=O)NCC(CCC(=O)O)C(F)(F)F)cc1. The van der Waals surface area contributed by atoms with Gasteiger partial charge in [-0.2, -0.15) is 13.2 Å². The number of hydrogen-bond acceptors (Lipinski definition) is 5. The van der Waals surface area contributed by atoms with Gasteiger partial charge in [-0.1, -0.05) is 0 Å². The normalized spacial score (nSPS) is 13.1. The van der Waals surface area contributed by atoms with Gasteiger partial charge in [-0.3, -0.25) is 10.1 Å². The number of hydrogen-bond donors (Lipinski definition) is 3. The highest BCUT2D eigenvalue weighted by Gasteiger charge is 2.40. The van der Waals surface area contributed by atoms with Crippen molar-refractivity contribution in [3.8, 4) is 0 Å². The van der Waals surface area contributed by atoms with Crippen molar-refractivity contribution in [1.82, 2.24) is 4.72 Å². The van der Waals surface area contributed by atoms with Gasteiger partial charge in [0.05, 0.1) is 17.9 Å². The lowest BCUT2D eigenvalue weighted by molar-refractivity contribution is -0.175. The fourth-order valence-corrected chi connectivity index (χ4v) is 2.94. The molecule has 0 heterocycles. The molecule has 0 bridgehead atoms. The Morgan fingerprint density at radius 1 is 1.23 bits per heavy atom. The van der Waals surface area contributed by atoms with Crippen LogP contribution in [0.2, 0.25) is 0 Å². The highest BCUT2D eigenvalue weighted by atomic mass is 32.2. The molecular weight excluding hydrogens is 381 g/mol. The van der Waals surface area contributed by atoms with Crippen molar-refractivity contribution in [2.75, 3.05) is 19.0 Å². The first-order valence-electron chi connectivity index (χ1n) is 7.19. The molecule has 0 saturated carbocycles. The van der Waals surface area contributed by atoms with Crippen LogP contribution in [0.25, 0.3) is 0 Å². The number of carbonyl (C=O) groups excluding carboxylic acids is 1. The number of carboxylic acid groups (broad SMARTS) is 1. The molecule has 1 unspecified atom stereocenters. The molecule has 1 amide bonds. The predicted molar refractivity (Wildman–Crippen MR) is 84.1 cm³/mol. The second-order valence-electron chi connectivity index (χ2n) is 5.16. The minimum absolute atomic E-state index is 0.227. The van der Waals surface area contributed by atoms with Gasteiger partial charge < -0.3 is 9.84 Å². The van der Waals surface area contributed by atoms with Crippen molar-refractivity contribution in [2.24, 2.45) is 5.92 Å². The lowest BCUT2D eigenvalue weighted by atomic mass is 10.0. The zero-order valence-electron chi connectivity index (χ0n) is 13.5. The van der Waals surface area contributed by atoms with E-state index < -0.39 is 53.6 Å². The molecule has 0 fully saturated rings. The van der Waals surface area contributed by atoms with Gasteiger partial charge in [0.1, 0.15) is 0 Å². The Morgan fingerprint density at radius 2 is 1.81 bits per heavy atom. The summed E-state index contributed by atoms with van der Waals surface area (Å²) < 4.78 is 69.0. The molecule has 0 aliphatic rings. The lowest BCUT2D eigenvalue weighted by Crippen LogP contribution is -2.36. The number of halogens is 3. The highest BCUT2D eigenvalue weighted by molar-refractivity contribution is 7.89. The molecule has 1 aromatic carbocycles. The maximum atomic E-state index is 12.9. The summed E-state index contributed by atoms with van der Waals surface area (Å²) in [4.78, 5) is 21.2. The van der Waals surface area contributed by atoms with Crippen LogP contribution in [0.1, 0.15) is 12.8 Å². The molecule has 1 aromatic rings. The van der Waals surface area contributed by atoms with Crippen molar-refractivity contribution < 1.29 is 41.0 Å². The molecule has 1 atom stereocenters. The van der Waals surface area contributed by atoms with Crippen LogP contribution in [0.5, 0.6) is 0 Å². The Balaban J connectivity index is 2.80. The first-order valence-corrected chi connectivity index (χ1v) is 8.67. The Hall–Kier alpha value is -2.34. The summed E-state index contributed by atoms with van der Waals surface area (Å²) >= 11 is 0. The van der Waals surface area contributed by atoms with Crippen LogP contribution in [0.3, 0.4) is 0 Å². The number of alkyl halides is 3. The van der Waals surface area contributed by atoms with E-state index >= 15 is 0 Å². The van der Waals surface area contributed by atoms with Gasteiger partial charge in [0.15, 0.2) is 0 Å². The molecule has 0 aliphatic carbocycles. The molecule has 1 rings (SSSR count). The number of nitrogens with one attached hydrogen (secondary N) is 2. The van der Waals surface area contributed by atoms with Gasteiger partial charge in [-0.05, 0) is 30.7 Å². The van der Waals surface area contributed by atoms with E-state index in [0.29, 0.717) is 0 Å². The predicted octanol–water partition coefficient (Wildman–Crippen LogP) is 2.19. The topological polar surface area (TPSA) is 122 Å². The van der Waals surface area contributed by atoms with E-state index in [1.54, 1.807) is 0 Å². The average Bonchev–Trinajstić information content (AvgIpc) is 2.53. The molecule has 12 heteroatoms. The third kappa shape index (κ3) is 6.88. The number of sulfonamides is 1. The van der Waals surface area contributed by atoms with Crippen molar-refractivity contribution in [3.05, 3.63) is 24.3 Å². The van der Waals surface area contributed by atoms with Crippen LogP contribution in [-0.4, -0.2) is 45.4 Å². The van der Waals surface area contributed by atoms with E-state index in [2.05, 4.69) is 10.1 Å². The zero-order chi connectivity index (χ0) is 20.0. The number of anilines is 1. The molecule has 0 spiro atoms. The van der Waals surface area contributed by atoms with Crippen molar-refractivity contribution in [2.45, 2.75) is 23.9 Å². The third-order valence-electron chi connectivity index (χ3n) is 3.29. The van der Waals surface area contributed by atoms with Gasteiger partial charge in [0.25, 0.3) is 0 Å². The van der Waals surface area contributed by atoms with Crippen molar-refractivity contribution in [3.63, 3.8) is 0 Å². The Bertz CT molecular complexity index is 734. The van der Waals surface area contributed by atoms with Crippen LogP contribution >= 0.6 is 0 Å². The Morgan fingerprint density at radius 3 is 2.27 bits per heavy atom. The van der Waals surface area contributed by atoms with Gasteiger partial charge in [-0.25, -0.2) is 17.9 Å². The summed E-state index contributed by atoms with van der Waals surface area (Å²) in [5, 5.41) is 10.8. The van der Waals surface area contributed by atoms with Crippen LogP contribution in [0.4, 0.5) is 23.7 Å². The Labute approximate surface area is 147 Å². The van der Waals surface area contributed by atoms with E-state index in [1.807, 2.05) is 4.72 Å². The minimum Gasteiger partial charge on any atom is -0.481 e. The number of aliphatic carboxylic acids is 1. The molecule has 8 nitrogen and oxygen atoms in total. The largest absolute Gasteiger partial charge is 0.481 e. The number of methoxy groups -OCH3 is 1. The smallest absolute Gasteiger partial charge is 0.411 e. The molecular formula is C14H17F3N2O6S. The first-order chi connectivity index (χ1) is 12.0. The number of amides is 1. The van der Waals surface area contributed by atoms with Gasteiger partial charge >= 0.3 is 18.2 Å². The standard InChI is InChI=1S/C14H17F3N2O6S/c1-25-13(22)19-10-3-5-11(6-4-10)26(23,24)18-8-9(14(15,16)17)2-7-12(20)21/h3-6,9,18H,2,7-8H2,1H3,(H,19,22)(H,20,21). The molecule has 0 saturated heterocycles. The number of benzene rings is 1. The number of ether oxygens (including phenoxy) is 1. The second kappa shape index (κ2) is 8.85. The van der Waals surface area contributed by atoms with Crippen LogP contribution in [-0.2, 0) is 19.6 Å². The maximum absolute atomic E-state index is 12.9. The van der Waals surface area contributed by atoms with Gasteiger partial charge in [0.2, 0.25) is 10.0 Å². The average molecular weight is 398 g/mol. The summed E-state index contributed by atoms with van der Waals surface area (Å²) in [5.41, 5.74) is 0.227. The number of carbonyl (C=O) groups is 2. The van der Waals surface area contributed by atoms with Crippen LogP contribution in [0, 0.1) is 5.92 Å². The van der Waals surface area contributed by atoms with Crippen molar-refractivity contribution >= 4 is 27.8 Å². The molecule has 3 N–H and O–H groups in total. The second-order valence-corrected chi connectivity index (χ2v) is 6.93. The van der Waals surface area contributed by atoms with Crippen molar-refractivity contribution in [1.29, 1.82) is 0 Å².